The number of ether oxygens (including phenoxy) is 2. The minimum Gasteiger partial charge on any atom is -0.375 e. The van der Waals surface area contributed by atoms with Crippen LogP contribution in [0.15, 0.2) is 18.3 Å². The lowest BCUT2D eigenvalue weighted by atomic mass is 9.87. The highest BCUT2D eigenvalue weighted by Gasteiger charge is 2.37. The van der Waals surface area contributed by atoms with Gasteiger partial charge in [-0.15, -0.1) is 5.10 Å². The number of nitrogens with zero attached hydrogens (tertiary/aromatic N) is 4. The number of carbonyl (C=O) groups is 2. The monoisotopic (exact) mass is 490 g/mol. The maximum atomic E-state index is 12.0. The number of aromatic nitrogens is 3. The predicted molar refractivity (Wildman–Crippen MR) is 137 cm³/mol. The average molecular weight is 491 g/mol. The van der Waals surface area contributed by atoms with E-state index < -0.39 is 11.1 Å². The SMILES string of the molecule is CCC(C)(C)CCOC(C)(C)CCn1cc(CC(C)(C)OCCC(C)(C)N2C(=O)C=CC2=O)nn1. The van der Waals surface area contributed by atoms with Gasteiger partial charge in [-0.3, -0.25) is 19.2 Å². The standard InChI is InChI=1S/C27H46N4O4/c1-10-24(2,3)14-17-34-26(6,7)13-16-30-20-21(28-29-30)19-27(8,9)35-18-15-25(4,5)31-22(32)11-12-23(31)33/h11-12,20H,10,13-19H2,1-9H3. The molecule has 198 valence electrons. The summed E-state index contributed by atoms with van der Waals surface area (Å²) in [6.07, 6.45) is 8.81. The molecular formula is C27H46N4O4. The number of carbonyl (C=O) groups excluding carboxylic acids is 2. The molecule has 0 saturated carbocycles. The molecule has 0 bridgehead atoms. The van der Waals surface area contributed by atoms with Crippen LogP contribution in [0, 0.1) is 5.41 Å². The first kappa shape index (κ1) is 29.2. The molecule has 0 saturated heterocycles. The first-order chi connectivity index (χ1) is 16.1. The highest BCUT2D eigenvalue weighted by atomic mass is 16.5. The Morgan fingerprint density at radius 2 is 1.40 bits per heavy atom. The van der Waals surface area contributed by atoms with Crippen molar-refractivity contribution < 1.29 is 19.1 Å². The van der Waals surface area contributed by atoms with Gasteiger partial charge >= 0.3 is 0 Å². The third-order valence-electron chi connectivity index (χ3n) is 6.99. The Balaban J connectivity index is 1.79. The zero-order valence-corrected chi connectivity index (χ0v) is 23.3. The Labute approximate surface area is 211 Å². The van der Waals surface area contributed by atoms with Crippen molar-refractivity contribution in [3.63, 3.8) is 0 Å². The van der Waals surface area contributed by atoms with Crippen LogP contribution in [0.2, 0.25) is 0 Å². The number of hydrogen-bond donors (Lipinski definition) is 0. The summed E-state index contributed by atoms with van der Waals surface area (Å²) < 4.78 is 14.2. The van der Waals surface area contributed by atoms with Crippen LogP contribution in [0.1, 0.15) is 93.7 Å². The third kappa shape index (κ3) is 9.15. The van der Waals surface area contributed by atoms with E-state index in [1.807, 2.05) is 38.6 Å². The van der Waals surface area contributed by atoms with Gasteiger partial charge in [-0.2, -0.15) is 0 Å². The quantitative estimate of drug-likeness (QED) is 0.331. The molecule has 35 heavy (non-hydrogen) atoms. The van der Waals surface area contributed by atoms with E-state index in [2.05, 4.69) is 44.9 Å². The lowest BCUT2D eigenvalue weighted by Gasteiger charge is -2.35. The number of aryl methyl sites for hydroxylation is 1. The molecule has 0 radical (unpaired) electrons. The van der Waals surface area contributed by atoms with Crippen LogP contribution < -0.4 is 0 Å². The number of hydrogen-bond acceptors (Lipinski definition) is 6. The van der Waals surface area contributed by atoms with Crippen LogP contribution >= 0.6 is 0 Å². The molecule has 1 aliphatic rings. The molecule has 0 spiro atoms. The summed E-state index contributed by atoms with van der Waals surface area (Å²) in [4.78, 5) is 25.3. The normalized spacial score (nSPS) is 15.5. The summed E-state index contributed by atoms with van der Waals surface area (Å²) in [7, 11) is 0. The van der Waals surface area contributed by atoms with E-state index in [1.165, 1.54) is 17.1 Å². The van der Waals surface area contributed by atoms with Crippen molar-refractivity contribution in [1.82, 2.24) is 19.9 Å². The smallest absolute Gasteiger partial charge is 0.254 e. The van der Waals surface area contributed by atoms with Gasteiger partial charge in [-0.05, 0) is 66.2 Å². The van der Waals surface area contributed by atoms with Gasteiger partial charge in [0.25, 0.3) is 11.8 Å². The zero-order chi connectivity index (χ0) is 26.5. The van der Waals surface area contributed by atoms with E-state index in [1.54, 1.807) is 0 Å². The van der Waals surface area contributed by atoms with Gasteiger partial charge in [0.1, 0.15) is 0 Å². The van der Waals surface area contributed by atoms with E-state index in [0.717, 1.165) is 38.1 Å². The molecule has 2 amide bonds. The Morgan fingerprint density at radius 1 is 0.829 bits per heavy atom. The summed E-state index contributed by atoms with van der Waals surface area (Å²) in [6, 6.07) is 0. The van der Waals surface area contributed by atoms with E-state index in [4.69, 9.17) is 9.47 Å². The molecule has 8 heteroatoms. The second kappa shape index (κ2) is 11.3. The van der Waals surface area contributed by atoms with E-state index in [0.29, 0.717) is 24.9 Å². The van der Waals surface area contributed by atoms with Crippen LogP contribution in [0.4, 0.5) is 0 Å². The van der Waals surface area contributed by atoms with Crippen LogP contribution in [0.3, 0.4) is 0 Å². The van der Waals surface area contributed by atoms with Gasteiger partial charge in [-0.25, -0.2) is 0 Å². The van der Waals surface area contributed by atoms with Gasteiger partial charge in [0.15, 0.2) is 0 Å². The van der Waals surface area contributed by atoms with Crippen LogP contribution in [-0.2, 0) is 32.0 Å². The largest absolute Gasteiger partial charge is 0.375 e. The van der Waals surface area contributed by atoms with Crippen molar-refractivity contribution in [2.24, 2.45) is 5.41 Å². The average Bonchev–Trinajstić information content (AvgIpc) is 3.31. The maximum Gasteiger partial charge on any atom is 0.254 e. The van der Waals surface area contributed by atoms with Gasteiger partial charge in [0, 0.05) is 50.1 Å². The van der Waals surface area contributed by atoms with Crippen molar-refractivity contribution >= 4 is 11.8 Å². The Hall–Kier alpha value is -2.06. The highest BCUT2D eigenvalue weighted by molar-refractivity contribution is 6.13. The molecule has 8 nitrogen and oxygen atoms in total. The number of rotatable bonds is 15. The summed E-state index contributed by atoms with van der Waals surface area (Å²) in [5.74, 6) is -0.538. The fourth-order valence-corrected chi connectivity index (χ4v) is 3.94. The maximum absolute atomic E-state index is 12.0. The van der Waals surface area contributed by atoms with Crippen LogP contribution in [0.5, 0.6) is 0 Å². The molecule has 0 N–H and O–H groups in total. The molecule has 2 rings (SSSR count). The molecular weight excluding hydrogens is 444 g/mol. The van der Waals surface area contributed by atoms with Gasteiger partial charge in [-0.1, -0.05) is 32.4 Å². The van der Waals surface area contributed by atoms with E-state index >= 15 is 0 Å². The molecule has 2 heterocycles. The first-order valence-corrected chi connectivity index (χ1v) is 12.8. The second-order valence-electron chi connectivity index (χ2n) is 12.3. The van der Waals surface area contributed by atoms with Crippen molar-refractivity contribution in [1.29, 1.82) is 0 Å². The molecule has 0 aliphatic carbocycles. The molecule has 0 unspecified atom stereocenters. The van der Waals surface area contributed by atoms with E-state index in [-0.39, 0.29) is 17.4 Å². The summed E-state index contributed by atoms with van der Waals surface area (Å²) >= 11 is 0. The fourth-order valence-electron chi connectivity index (χ4n) is 3.94. The van der Waals surface area contributed by atoms with E-state index in [9.17, 15) is 9.59 Å². The van der Waals surface area contributed by atoms with Gasteiger partial charge in [0.05, 0.1) is 16.9 Å². The Morgan fingerprint density at radius 3 is 2.00 bits per heavy atom. The van der Waals surface area contributed by atoms with Crippen molar-refractivity contribution in [2.45, 2.75) is 118 Å². The summed E-state index contributed by atoms with van der Waals surface area (Å²) in [5.41, 5.74) is -0.118. The fraction of sp³-hybridized carbons (Fsp3) is 0.778. The van der Waals surface area contributed by atoms with Gasteiger partial charge < -0.3 is 9.47 Å². The Kier molecular flexibility index (Phi) is 9.45. The molecule has 0 fully saturated rings. The van der Waals surface area contributed by atoms with Crippen molar-refractivity contribution in [3.8, 4) is 0 Å². The van der Waals surface area contributed by atoms with Crippen molar-refractivity contribution in [2.75, 3.05) is 13.2 Å². The minimum absolute atomic E-state index is 0.223. The molecule has 1 aromatic heterocycles. The van der Waals surface area contributed by atoms with Crippen molar-refractivity contribution in [3.05, 3.63) is 24.0 Å². The lowest BCUT2D eigenvalue weighted by Crippen LogP contribution is -2.48. The zero-order valence-electron chi connectivity index (χ0n) is 23.3. The van der Waals surface area contributed by atoms with Crippen LogP contribution in [-0.4, -0.2) is 61.7 Å². The first-order valence-electron chi connectivity index (χ1n) is 12.8. The predicted octanol–water partition coefficient (Wildman–Crippen LogP) is 4.72. The topological polar surface area (TPSA) is 86.5 Å². The Bertz CT molecular complexity index is 881. The number of imide groups is 1. The molecule has 1 aromatic rings. The molecule has 0 atom stereocenters. The molecule has 1 aliphatic heterocycles. The number of amides is 2. The minimum atomic E-state index is -0.613. The summed E-state index contributed by atoms with van der Waals surface area (Å²) in [5, 5.41) is 8.63. The molecule has 0 aromatic carbocycles. The highest BCUT2D eigenvalue weighted by Crippen LogP contribution is 2.27. The lowest BCUT2D eigenvalue weighted by molar-refractivity contribution is -0.143. The second-order valence-corrected chi connectivity index (χ2v) is 12.3. The third-order valence-corrected chi connectivity index (χ3v) is 6.99. The van der Waals surface area contributed by atoms with Crippen LogP contribution in [0.25, 0.3) is 0 Å². The summed E-state index contributed by atoms with van der Waals surface area (Å²) in [6.45, 7) is 20.7. The van der Waals surface area contributed by atoms with Gasteiger partial charge in [0.2, 0.25) is 0 Å².